The molecule has 0 radical (unpaired) electrons. The summed E-state index contributed by atoms with van der Waals surface area (Å²) in [6, 6.07) is 13.3. The molecule has 0 saturated heterocycles. The lowest BCUT2D eigenvalue weighted by Crippen LogP contribution is -2.24. The summed E-state index contributed by atoms with van der Waals surface area (Å²) in [5, 5.41) is 5.50. The van der Waals surface area contributed by atoms with Crippen LogP contribution in [0.15, 0.2) is 53.4 Å². The number of carbonyl (C=O) groups excluding carboxylic acids is 2. The summed E-state index contributed by atoms with van der Waals surface area (Å²) in [4.78, 5) is 23.6. The lowest BCUT2D eigenvalue weighted by Gasteiger charge is -2.07. The number of amides is 2. The van der Waals surface area contributed by atoms with Crippen LogP contribution in [0.1, 0.15) is 12.5 Å². The van der Waals surface area contributed by atoms with Crippen LogP contribution in [-0.2, 0) is 16.1 Å². The molecule has 4 nitrogen and oxygen atoms in total. The zero-order valence-electron chi connectivity index (χ0n) is 12.6. The molecule has 0 saturated carbocycles. The van der Waals surface area contributed by atoms with E-state index >= 15 is 0 Å². The molecule has 2 aromatic rings. The van der Waals surface area contributed by atoms with Crippen molar-refractivity contribution in [2.45, 2.75) is 18.4 Å². The van der Waals surface area contributed by atoms with Crippen LogP contribution >= 0.6 is 11.8 Å². The summed E-state index contributed by atoms with van der Waals surface area (Å²) in [5.74, 6) is -0.231. The highest BCUT2D eigenvalue weighted by atomic mass is 32.2. The molecule has 2 amide bonds. The monoisotopic (exact) mass is 332 g/mol. The highest BCUT2D eigenvalue weighted by Gasteiger charge is 2.04. The maximum absolute atomic E-state index is 12.8. The second-order valence-electron chi connectivity index (χ2n) is 4.90. The van der Waals surface area contributed by atoms with Crippen LogP contribution in [-0.4, -0.2) is 17.6 Å². The van der Waals surface area contributed by atoms with Gasteiger partial charge >= 0.3 is 0 Å². The average Bonchev–Trinajstić information content (AvgIpc) is 2.53. The van der Waals surface area contributed by atoms with Gasteiger partial charge in [0, 0.05) is 24.1 Å². The van der Waals surface area contributed by atoms with Gasteiger partial charge in [0.25, 0.3) is 0 Å². The maximum atomic E-state index is 12.8. The first-order valence-electron chi connectivity index (χ1n) is 7.04. The third kappa shape index (κ3) is 6.12. The van der Waals surface area contributed by atoms with Crippen LogP contribution < -0.4 is 10.6 Å². The molecular weight excluding hydrogens is 315 g/mol. The lowest BCUT2D eigenvalue weighted by atomic mass is 10.2. The number of hydrogen-bond donors (Lipinski definition) is 2. The van der Waals surface area contributed by atoms with Gasteiger partial charge in [-0.2, -0.15) is 0 Å². The van der Waals surface area contributed by atoms with Gasteiger partial charge in [-0.3, -0.25) is 9.59 Å². The van der Waals surface area contributed by atoms with E-state index in [2.05, 4.69) is 10.6 Å². The van der Waals surface area contributed by atoms with E-state index in [1.165, 1.54) is 30.8 Å². The molecule has 6 heteroatoms. The van der Waals surface area contributed by atoms with Crippen molar-refractivity contribution >= 4 is 29.3 Å². The maximum Gasteiger partial charge on any atom is 0.230 e. The van der Waals surface area contributed by atoms with Gasteiger partial charge in [0.15, 0.2) is 0 Å². The second-order valence-corrected chi connectivity index (χ2v) is 5.95. The predicted octanol–water partition coefficient (Wildman–Crippen LogP) is 3.19. The molecule has 2 aromatic carbocycles. The molecule has 0 aliphatic carbocycles. The van der Waals surface area contributed by atoms with Gasteiger partial charge in [0.2, 0.25) is 11.8 Å². The van der Waals surface area contributed by atoms with Crippen molar-refractivity contribution in [2.75, 3.05) is 11.1 Å². The van der Waals surface area contributed by atoms with E-state index in [-0.39, 0.29) is 23.4 Å². The standard InChI is InChI=1S/C17H17FN2O2S/c1-12(21)20-15-6-2-13(3-7-15)10-19-17(22)11-23-16-8-4-14(18)5-9-16/h2-9H,10-11H2,1H3,(H,19,22)(H,20,21). The van der Waals surface area contributed by atoms with Crippen molar-refractivity contribution in [2.24, 2.45) is 0 Å². The van der Waals surface area contributed by atoms with E-state index in [0.29, 0.717) is 6.54 Å². The molecule has 0 aromatic heterocycles. The first-order valence-corrected chi connectivity index (χ1v) is 8.03. The number of nitrogens with one attached hydrogen (secondary N) is 2. The van der Waals surface area contributed by atoms with Crippen molar-refractivity contribution in [3.63, 3.8) is 0 Å². The molecular formula is C17H17FN2O2S. The second kappa shape index (κ2) is 8.33. The van der Waals surface area contributed by atoms with Gasteiger partial charge in [-0.1, -0.05) is 12.1 Å². The Balaban J connectivity index is 1.75. The first-order chi connectivity index (χ1) is 11.0. The Labute approximate surface area is 138 Å². The van der Waals surface area contributed by atoms with E-state index in [0.717, 1.165) is 16.1 Å². The van der Waals surface area contributed by atoms with Gasteiger partial charge in [-0.25, -0.2) is 4.39 Å². The molecule has 0 aliphatic rings. The smallest absolute Gasteiger partial charge is 0.230 e. The lowest BCUT2D eigenvalue weighted by molar-refractivity contribution is -0.118. The fourth-order valence-electron chi connectivity index (χ4n) is 1.84. The fourth-order valence-corrected chi connectivity index (χ4v) is 2.57. The predicted molar refractivity (Wildman–Crippen MR) is 89.7 cm³/mol. The third-order valence-electron chi connectivity index (χ3n) is 2.95. The van der Waals surface area contributed by atoms with Gasteiger partial charge in [-0.05, 0) is 42.0 Å². The molecule has 2 N–H and O–H groups in total. The Hall–Kier alpha value is -2.34. The van der Waals surface area contributed by atoms with Crippen LogP contribution in [0, 0.1) is 5.82 Å². The van der Waals surface area contributed by atoms with Crippen molar-refractivity contribution in [1.29, 1.82) is 0 Å². The van der Waals surface area contributed by atoms with Crippen LogP contribution in [0.25, 0.3) is 0 Å². The van der Waals surface area contributed by atoms with Gasteiger partial charge in [0.1, 0.15) is 5.82 Å². The summed E-state index contributed by atoms with van der Waals surface area (Å²) in [6.07, 6.45) is 0. The minimum Gasteiger partial charge on any atom is -0.351 e. The van der Waals surface area contributed by atoms with Crippen LogP contribution in [0.2, 0.25) is 0 Å². The average molecular weight is 332 g/mol. The molecule has 0 heterocycles. The molecule has 2 rings (SSSR count). The molecule has 0 fully saturated rings. The Morgan fingerprint density at radius 1 is 1.04 bits per heavy atom. The Morgan fingerprint density at radius 3 is 2.30 bits per heavy atom. The van der Waals surface area contributed by atoms with E-state index in [1.807, 2.05) is 12.1 Å². The highest BCUT2D eigenvalue weighted by molar-refractivity contribution is 8.00. The number of benzene rings is 2. The van der Waals surface area contributed by atoms with Gasteiger partial charge in [0.05, 0.1) is 5.75 Å². The molecule has 23 heavy (non-hydrogen) atoms. The van der Waals surface area contributed by atoms with Crippen molar-refractivity contribution < 1.29 is 14.0 Å². The zero-order valence-corrected chi connectivity index (χ0v) is 13.5. The van der Waals surface area contributed by atoms with Gasteiger partial charge in [-0.15, -0.1) is 11.8 Å². The summed E-state index contributed by atoms with van der Waals surface area (Å²) >= 11 is 1.36. The Kier molecular flexibility index (Phi) is 6.17. The van der Waals surface area contributed by atoms with E-state index in [9.17, 15) is 14.0 Å². The zero-order chi connectivity index (χ0) is 16.7. The number of hydrogen-bond acceptors (Lipinski definition) is 3. The third-order valence-corrected chi connectivity index (χ3v) is 3.96. The molecule has 0 atom stereocenters. The van der Waals surface area contributed by atoms with E-state index in [1.54, 1.807) is 24.3 Å². The van der Waals surface area contributed by atoms with Crippen LogP contribution in [0.4, 0.5) is 10.1 Å². The number of anilines is 1. The molecule has 0 unspecified atom stereocenters. The minimum atomic E-state index is -0.290. The van der Waals surface area contributed by atoms with Crippen LogP contribution in [0.5, 0.6) is 0 Å². The molecule has 0 bridgehead atoms. The molecule has 0 spiro atoms. The minimum absolute atomic E-state index is 0.0923. The van der Waals surface area contributed by atoms with Crippen LogP contribution in [0.3, 0.4) is 0 Å². The van der Waals surface area contributed by atoms with Gasteiger partial charge < -0.3 is 10.6 Å². The summed E-state index contributed by atoms with van der Waals surface area (Å²) in [7, 11) is 0. The number of thioether (sulfide) groups is 1. The molecule has 0 aliphatic heterocycles. The summed E-state index contributed by atoms with van der Waals surface area (Å²) < 4.78 is 12.8. The Morgan fingerprint density at radius 2 is 1.70 bits per heavy atom. The first kappa shape index (κ1) is 17.0. The van der Waals surface area contributed by atoms with E-state index < -0.39 is 0 Å². The van der Waals surface area contributed by atoms with Crippen molar-refractivity contribution in [3.05, 3.63) is 59.9 Å². The normalized spacial score (nSPS) is 10.2. The number of rotatable bonds is 6. The summed E-state index contributed by atoms with van der Waals surface area (Å²) in [6.45, 7) is 1.87. The highest BCUT2D eigenvalue weighted by Crippen LogP contribution is 2.17. The number of halogens is 1. The SMILES string of the molecule is CC(=O)Nc1ccc(CNC(=O)CSc2ccc(F)cc2)cc1. The van der Waals surface area contributed by atoms with Crippen molar-refractivity contribution in [1.82, 2.24) is 5.32 Å². The number of carbonyl (C=O) groups is 2. The largest absolute Gasteiger partial charge is 0.351 e. The topological polar surface area (TPSA) is 58.2 Å². The van der Waals surface area contributed by atoms with E-state index in [4.69, 9.17) is 0 Å². The quantitative estimate of drug-likeness (QED) is 0.799. The fraction of sp³-hybridized carbons (Fsp3) is 0.176. The molecule has 120 valence electrons. The van der Waals surface area contributed by atoms with Crippen molar-refractivity contribution in [3.8, 4) is 0 Å². The Bertz CT molecular complexity index is 672. The summed E-state index contributed by atoms with van der Waals surface area (Å²) in [5.41, 5.74) is 1.67.